The number of anilines is 1. The summed E-state index contributed by atoms with van der Waals surface area (Å²) in [7, 11) is 0. The number of aryl methyl sites for hydroxylation is 1. The molecule has 0 bridgehead atoms. The van der Waals surface area contributed by atoms with Gasteiger partial charge < -0.3 is 14.8 Å². The molecule has 1 aliphatic heterocycles. The molecule has 3 rings (SSSR count). The Hall–Kier alpha value is -1.94. The molecule has 1 N–H and O–H groups in total. The number of nitrogens with one attached hydrogen (secondary N) is 1. The van der Waals surface area contributed by atoms with E-state index in [2.05, 4.69) is 10.3 Å². The molecule has 1 aromatic heterocycles. The van der Waals surface area contributed by atoms with Gasteiger partial charge in [0.25, 0.3) is 0 Å². The molecular weight excluding hydrogens is 264 g/mol. The Bertz CT molecular complexity index is 616. The molecule has 1 aliphatic rings. The Balaban J connectivity index is 1.80. The van der Waals surface area contributed by atoms with Gasteiger partial charge in [0, 0.05) is 18.3 Å². The van der Waals surface area contributed by atoms with Gasteiger partial charge in [-0.2, -0.15) is 0 Å². The van der Waals surface area contributed by atoms with E-state index in [1.54, 1.807) is 6.20 Å². The van der Waals surface area contributed by atoms with E-state index in [-0.39, 0.29) is 6.79 Å². The summed E-state index contributed by atoms with van der Waals surface area (Å²) in [6.45, 7) is 2.86. The SMILES string of the molecule is Cc1cnc(Cl)c(NCc2cccc3c2OCO3)c1. The molecule has 0 spiro atoms. The molecule has 0 aliphatic carbocycles. The van der Waals surface area contributed by atoms with Crippen LogP contribution in [0.1, 0.15) is 11.1 Å². The predicted octanol–water partition coefficient (Wildman–Crippen LogP) is 3.38. The molecule has 0 fully saturated rings. The van der Waals surface area contributed by atoms with Gasteiger partial charge in [0.1, 0.15) is 0 Å². The number of ether oxygens (including phenoxy) is 2. The van der Waals surface area contributed by atoms with Gasteiger partial charge in [-0.05, 0) is 24.6 Å². The summed E-state index contributed by atoms with van der Waals surface area (Å²) < 4.78 is 10.8. The highest BCUT2D eigenvalue weighted by Crippen LogP contribution is 2.35. The average molecular weight is 277 g/mol. The van der Waals surface area contributed by atoms with E-state index in [0.29, 0.717) is 11.7 Å². The number of nitrogens with zero attached hydrogens (tertiary/aromatic N) is 1. The van der Waals surface area contributed by atoms with Gasteiger partial charge in [-0.15, -0.1) is 0 Å². The van der Waals surface area contributed by atoms with Crippen molar-refractivity contribution >= 4 is 17.3 Å². The first-order valence-corrected chi connectivity index (χ1v) is 6.35. The zero-order valence-corrected chi connectivity index (χ0v) is 11.2. The number of hydrogen-bond acceptors (Lipinski definition) is 4. The summed E-state index contributed by atoms with van der Waals surface area (Å²) in [6, 6.07) is 7.81. The van der Waals surface area contributed by atoms with Crippen molar-refractivity contribution in [1.29, 1.82) is 0 Å². The highest BCUT2D eigenvalue weighted by molar-refractivity contribution is 6.31. The molecular formula is C14H13ClN2O2. The number of pyridine rings is 1. The molecule has 4 nitrogen and oxygen atoms in total. The lowest BCUT2D eigenvalue weighted by molar-refractivity contribution is 0.173. The van der Waals surface area contributed by atoms with Crippen LogP contribution in [-0.2, 0) is 6.54 Å². The minimum Gasteiger partial charge on any atom is -0.454 e. The number of hydrogen-bond donors (Lipinski definition) is 1. The highest BCUT2D eigenvalue weighted by atomic mass is 35.5. The largest absolute Gasteiger partial charge is 0.454 e. The smallest absolute Gasteiger partial charge is 0.231 e. The second-order valence-electron chi connectivity index (χ2n) is 4.36. The van der Waals surface area contributed by atoms with Crippen LogP contribution in [0.2, 0.25) is 5.15 Å². The summed E-state index contributed by atoms with van der Waals surface area (Å²) in [5, 5.41) is 3.74. The molecule has 2 heterocycles. The summed E-state index contributed by atoms with van der Waals surface area (Å²) in [5.41, 5.74) is 2.91. The van der Waals surface area contributed by atoms with Crippen LogP contribution in [0.25, 0.3) is 0 Å². The topological polar surface area (TPSA) is 43.4 Å². The van der Waals surface area contributed by atoms with Crippen molar-refractivity contribution in [3.8, 4) is 11.5 Å². The first kappa shape index (κ1) is 12.1. The number of fused-ring (bicyclic) bond motifs is 1. The molecule has 2 aromatic rings. The van der Waals surface area contributed by atoms with Crippen LogP contribution in [0.4, 0.5) is 5.69 Å². The van der Waals surface area contributed by atoms with Crippen LogP contribution in [0.3, 0.4) is 0 Å². The van der Waals surface area contributed by atoms with E-state index in [9.17, 15) is 0 Å². The third kappa shape index (κ3) is 2.44. The Morgan fingerprint density at radius 1 is 1.37 bits per heavy atom. The molecule has 0 radical (unpaired) electrons. The number of aromatic nitrogens is 1. The van der Waals surface area contributed by atoms with E-state index in [1.807, 2.05) is 31.2 Å². The van der Waals surface area contributed by atoms with Crippen LogP contribution >= 0.6 is 11.6 Å². The standard InChI is InChI=1S/C14H13ClN2O2/c1-9-5-11(14(15)17-6-9)16-7-10-3-2-4-12-13(10)19-8-18-12/h2-6,16H,7-8H2,1H3. The van der Waals surface area contributed by atoms with Crippen molar-refractivity contribution in [2.45, 2.75) is 13.5 Å². The number of rotatable bonds is 3. The molecule has 0 atom stereocenters. The fraction of sp³-hybridized carbons (Fsp3) is 0.214. The Labute approximate surface area is 116 Å². The summed E-state index contributed by atoms with van der Waals surface area (Å²) in [5.74, 6) is 1.58. The van der Waals surface area contributed by atoms with Crippen molar-refractivity contribution in [2.24, 2.45) is 0 Å². The fourth-order valence-electron chi connectivity index (χ4n) is 2.00. The van der Waals surface area contributed by atoms with Crippen LogP contribution in [0.5, 0.6) is 11.5 Å². The Morgan fingerprint density at radius 3 is 3.16 bits per heavy atom. The van der Waals surface area contributed by atoms with E-state index >= 15 is 0 Å². The van der Waals surface area contributed by atoms with E-state index in [1.165, 1.54) is 0 Å². The average Bonchev–Trinajstić information content (AvgIpc) is 2.88. The van der Waals surface area contributed by atoms with Crippen LogP contribution in [0, 0.1) is 6.92 Å². The lowest BCUT2D eigenvalue weighted by Crippen LogP contribution is -2.02. The number of para-hydroxylation sites is 1. The third-order valence-corrected chi connectivity index (χ3v) is 3.22. The Morgan fingerprint density at radius 2 is 2.26 bits per heavy atom. The van der Waals surface area contributed by atoms with Crippen LogP contribution in [-0.4, -0.2) is 11.8 Å². The normalized spacial score (nSPS) is 12.5. The van der Waals surface area contributed by atoms with Crippen LogP contribution in [0.15, 0.2) is 30.5 Å². The summed E-state index contributed by atoms with van der Waals surface area (Å²) >= 11 is 6.05. The van der Waals surface area contributed by atoms with Gasteiger partial charge in [-0.3, -0.25) is 0 Å². The molecule has 0 unspecified atom stereocenters. The first-order valence-electron chi connectivity index (χ1n) is 5.97. The first-order chi connectivity index (χ1) is 9.24. The number of benzene rings is 1. The third-order valence-electron chi connectivity index (χ3n) is 2.92. The molecule has 1 aromatic carbocycles. The minimum absolute atomic E-state index is 0.277. The second kappa shape index (κ2) is 4.97. The van der Waals surface area contributed by atoms with E-state index in [4.69, 9.17) is 21.1 Å². The van der Waals surface area contributed by atoms with Crippen molar-refractivity contribution in [1.82, 2.24) is 4.98 Å². The predicted molar refractivity (Wildman–Crippen MR) is 73.9 cm³/mol. The Kier molecular flexibility index (Phi) is 3.17. The van der Waals surface area contributed by atoms with Gasteiger partial charge in [-0.25, -0.2) is 4.98 Å². The van der Waals surface area contributed by atoms with E-state index in [0.717, 1.165) is 28.3 Å². The highest BCUT2D eigenvalue weighted by Gasteiger charge is 2.17. The number of halogens is 1. The zero-order chi connectivity index (χ0) is 13.2. The van der Waals surface area contributed by atoms with Gasteiger partial charge >= 0.3 is 0 Å². The minimum atomic E-state index is 0.277. The molecule has 0 saturated heterocycles. The maximum absolute atomic E-state index is 6.05. The summed E-state index contributed by atoms with van der Waals surface area (Å²) in [4.78, 5) is 4.11. The molecule has 5 heteroatoms. The van der Waals surface area contributed by atoms with Crippen molar-refractivity contribution in [3.63, 3.8) is 0 Å². The van der Waals surface area contributed by atoms with Gasteiger partial charge in [0.2, 0.25) is 6.79 Å². The lowest BCUT2D eigenvalue weighted by Gasteiger charge is -2.10. The molecule has 98 valence electrons. The molecule has 19 heavy (non-hydrogen) atoms. The van der Waals surface area contributed by atoms with Gasteiger partial charge in [0.15, 0.2) is 16.7 Å². The van der Waals surface area contributed by atoms with Crippen LogP contribution < -0.4 is 14.8 Å². The summed E-state index contributed by atoms with van der Waals surface area (Å²) in [6.07, 6.45) is 1.74. The zero-order valence-electron chi connectivity index (χ0n) is 10.4. The molecule has 0 amide bonds. The van der Waals surface area contributed by atoms with Gasteiger partial charge in [0.05, 0.1) is 5.69 Å². The van der Waals surface area contributed by atoms with Crippen molar-refractivity contribution in [3.05, 3.63) is 46.7 Å². The fourth-order valence-corrected chi connectivity index (χ4v) is 2.17. The second-order valence-corrected chi connectivity index (χ2v) is 4.71. The molecule has 0 saturated carbocycles. The maximum atomic E-state index is 6.05. The van der Waals surface area contributed by atoms with Gasteiger partial charge in [-0.1, -0.05) is 23.7 Å². The van der Waals surface area contributed by atoms with Crippen molar-refractivity contribution < 1.29 is 9.47 Å². The monoisotopic (exact) mass is 276 g/mol. The maximum Gasteiger partial charge on any atom is 0.231 e. The lowest BCUT2D eigenvalue weighted by atomic mass is 10.2. The van der Waals surface area contributed by atoms with Crippen molar-refractivity contribution in [2.75, 3.05) is 12.1 Å². The quantitative estimate of drug-likeness (QED) is 0.873. The van der Waals surface area contributed by atoms with E-state index < -0.39 is 0 Å².